The standard InChI is InChI=1S/C8H10Cl2N2O3S2/c1-5(13)11-2-3-12-17(14,15)6-4-7(9)16-8(6)10/h4,12H,2-3H2,1H3,(H,11,13). The fourth-order valence-electron chi connectivity index (χ4n) is 1.01. The molecule has 9 heteroatoms. The molecule has 0 unspecified atom stereocenters. The molecule has 1 rings (SSSR count). The molecular weight excluding hydrogens is 307 g/mol. The normalized spacial score (nSPS) is 11.5. The molecule has 0 aromatic carbocycles. The van der Waals surface area contributed by atoms with E-state index in [0.29, 0.717) is 4.34 Å². The molecule has 0 aliphatic carbocycles. The maximum Gasteiger partial charge on any atom is 0.243 e. The Kier molecular flexibility index (Phi) is 5.21. The molecule has 5 nitrogen and oxygen atoms in total. The van der Waals surface area contributed by atoms with Gasteiger partial charge in [-0.3, -0.25) is 4.79 Å². The molecule has 1 heterocycles. The van der Waals surface area contributed by atoms with Gasteiger partial charge in [0.15, 0.2) is 0 Å². The fraction of sp³-hybridized carbons (Fsp3) is 0.375. The van der Waals surface area contributed by atoms with Crippen molar-refractivity contribution in [3.8, 4) is 0 Å². The van der Waals surface area contributed by atoms with Crippen molar-refractivity contribution in [2.45, 2.75) is 11.8 Å². The highest BCUT2D eigenvalue weighted by molar-refractivity contribution is 7.89. The number of amides is 1. The van der Waals surface area contributed by atoms with E-state index in [0.717, 1.165) is 11.3 Å². The predicted molar refractivity (Wildman–Crippen MR) is 68.2 cm³/mol. The first-order valence-electron chi connectivity index (χ1n) is 4.52. The second kappa shape index (κ2) is 6.01. The first-order valence-corrected chi connectivity index (χ1v) is 7.57. The highest BCUT2D eigenvalue weighted by atomic mass is 35.5. The van der Waals surface area contributed by atoms with E-state index >= 15 is 0 Å². The molecule has 0 saturated heterocycles. The van der Waals surface area contributed by atoms with Crippen LogP contribution in [-0.4, -0.2) is 27.4 Å². The summed E-state index contributed by atoms with van der Waals surface area (Å²) in [5, 5.41) is 2.47. The van der Waals surface area contributed by atoms with Gasteiger partial charge < -0.3 is 5.32 Å². The molecule has 0 bridgehead atoms. The lowest BCUT2D eigenvalue weighted by Gasteiger charge is -2.05. The molecule has 0 aliphatic rings. The lowest BCUT2D eigenvalue weighted by Crippen LogP contribution is -2.33. The zero-order valence-corrected chi connectivity index (χ0v) is 11.9. The molecular formula is C8H10Cl2N2O3S2. The number of halogens is 2. The van der Waals surface area contributed by atoms with Crippen LogP contribution >= 0.6 is 34.5 Å². The molecule has 96 valence electrons. The number of sulfonamides is 1. The largest absolute Gasteiger partial charge is 0.355 e. The minimum absolute atomic E-state index is 0.0445. The number of rotatable bonds is 5. The highest BCUT2D eigenvalue weighted by Gasteiger charge is 2.20. The molecule has 0 aliphatic heterocycles. The molecule has 0 fully saturated rings. The van der Waals surface area contributed by atoms with Gasteiger partial charge >= 0.3 is 0 Å². The smallest absolute Gasteiger partial charge is 0.243 e. The number of thiophene rings is 1. The Bertz CT molecular complexity index is 513. The molecule has 0 saturated carbocycles. The average molecular weight is 317 g/mol. The first kappa shape index (κ1) is 14.7. The van der Waals surface area contributed by atoms with E-state index in [1.165, 1.54) is 13.0 Å². The minimum Gasteiger partial charge on any atom is -0.355 e. The van der Waals surface area contributed by atoms with Gasteiger partial charge in [0.25, 0.3) is 0 Å². The van der Waals surface area contributed by atoms with Crippen molar-refractivity contribution in [2.75, 3.05) is 13.1 Å². The summed E-state index contributed by atoms with van der Waals surface area (Å²) in [5.74, 6) is -0.221. The van der Waals surface area contributed by atoms with Gasteiger partial charge in [0.2, 0.25) is 15.9 Å². The number of nitrogens with one attached hydrogen (secondary N) is 2. The van der Waals surface area contributed by atoms with Crippen molar-refractivity contribution in [2.24, 2.45) is 0 Å². The lowest BCUT2D eigenvalue weighted by molar-refractivity contribution is -0.118. The van der Waals surface area contributed by atoms with Crippen LogP contribution in [0.5, 0.6) is 0 Å². The van der Waals surface area contributed by atoms with E-state index in [1.54, 1.807) is 0 Å². The minimum atomic E-state index is -3.68. The first-order chi connectivity index (χ1) is 7.83. The Morgan fingerprint density at radius 1 is 1.41 bits per heavy atom. The molecule has 2 N–H and O–H groups in total. The van der Waals surface area contributed by atoms with Crippen LogP contribution in [0, 0.1) is 0 Å². The Hall–Kier alpha value is -0.340. The van der Waals surface area contributed by atoms with Crippen molar-refractivity contribution in [1.82, 2.24) is 10.0 Å². The van der Waals surface area contributed by atoms with E-state index in [-0.39, 0.29) is 28.2 Å². The van der Waals surface area contributed by atoms with Crippen molar-refractivity contribution >= 4 is 50.5 Å². The Balaban J connectivity index is 2.63. The van der Waals surface area contributed by atoms with Gasteiger partial charge in [-0.1, -0.05) is 23.2 Å². The zero-order valence-electron chi connectivity index (χ0n) is 8.79. The maximum atomic E-state index is 11.8. The Labute approximate surface area is 113 Å². The van der Waals surface area contributed by atoms with Gasteiger partial charge in [-0.25, -0.2) is 13.1 Å². The Morgan fingerprint density at radius 2 is 2.06 bits per heavy atom. The Morgan fingerprint density at radius 3 is 2.53 bits per heavy atom. The third kappa shape index (κ3) is 4.44. The van der Waals surface area contributed by atoms with Crippen molar-refractivity contribution in [3.63, 3.8) is 0 Å². The van der Waals surface area contributed by atoms with Crippen LogP contribution in [0.15, 0.2) is 11.0 Å². The molecule has 1 aromatic heterocycles. The van der Waals surface area contributed by atoms with Crippen LogP contribution in [0.25, 0.3) is 0 Å². The van der Waals surface area contributed by atoms with E-state index in [9.17, 15) is 13.2 Å². The molecule has 1 amide bonds. The quantitative estimate of drug-likeness (QED) is 0.808. The second-order valence-electron chi connectivity index (χ2n) is 3.07. The lowest BCUT2D eigenvalue weighted by atomic mass is 10.6. The van der Waals surface area contributed by atoms with Gasteiger partial charge in [0, 0.05) is 20.0 Å². The second-order valence-corrected chi connectivity index (χ2v) is 7.09. The summed E-state index contributed by atoms with van der Waals surface area (Å²) in [6.07, 6.45) is 0. The van der Waals surface area contributed by atoms with Gasteiger partial charge in [-0.05, 0) is 6.07 Å². The molecule has 17 heavy (non-hydrogen) atoms. The molecule has 0 radical (unpaired) electrons. The number of hydrogen-bond donors (Lipinski definition) is 2. The summed E-state index contributed by atoms with van der Waals surface area (Å²) in [6.45, 7) is 1.65. The fourth-order valence-corrected chi connectivity index (χ4v) is 4.19. The summed E-state index contributed by atoms with van der Waals surface area (Å²) in [7, 11) is -3.68. The number of carbonyl (C=O) groups is 1. The van der Waals surface area contributed by atoms with Crippen LogP contribution < -0.4 is 10.0 Å². The number of carbonyl (C=O) groups excluding carboxylic acids is 1. The summed E-state index contributed by atoms with van der Waals surface area (Å²) < 4.78 is 26.2. The third-order valence-corrected chi connectivity index (χ3v) is 4.92. The topological polar surface area (TPSA) is 75.3 Å². The summed E-state index contributed by atoms with van der Waals surface area (Å²) in [6, 6.07) is 1.29. The summed E-state index contributed by atoms with van der Waals surface area (Å²) in [4.78, 5) is 10.5. The average Bonchev–Trinajstić information content (AvgIpc) is 2.53. The van der Waals surface area contributed by atoms with Crippen molar-refractivity contribution < 1.29 is 13.2 Å². The van der Waals surface area contributed by atoms with Gasteiger partial charge in [-0.2, -0.15) is 0 Å². The zero-order chi connectivity index (χ0) is 13.1. The predicted octanol–water partition coefficient (Wildman–Crippen LogP) is 1.47. The van der Waals surface area contributed by atoms with E-state index in [1.807, 2.05) is 0 Å². The van der Waals surface area contributed by atoms with E-state index in [4.69, 9.17) is 23.2 Å². The van der Waals surface area contributed by atoms with Gasteiger partial charge in [-0.15, -0.1) is 11.3 Å². The SMILES string of the molecule is CC(=O)NCCNS(=O)(=O)c1cc(Cl)sc1Cl. The van der Waals surface area contributed by atoms with Gasteiger partial charge in [0.1, 0.15) is 9.23 Å². The monoisotopic (exact) mass is 316 g/mol. The van der Waals surface area contributed by atoms with Crippen LogP contribution in [0.2, 0.25) is 8.67 Å². The maximum absolute atomic E-state index is 11.8. The van der Waals surface area contributed by atoms with Crippen LogP contribution in [0.1, 0.15) is 6.92 Å². The number of hydrogen-bond acceptors (Lipinski definition) is 4. The van der Waals surface area contributed by atoms with E-state index < -0.39 is 10.0 Å². The van der Waals surface area contributed by atoms with Crippen LogP contribution in [-0.2, 0) is 14.8 Å². The van der Waals surface area contributed by atoms with Gasteiger partial charge in [0.05, 0.1) is 4.34 Å². The van der Waals surface area contributed by atoms with Crippen molar-refractivity contribution in [1.29, 1.82) is 0 Å². The van der Waals surface area contributed by atoms with Crippen LogP contribution in [0.4, 0.5) is 0 Å². The molecule has 1 aromatic rings. The van der Waals surface area contributed by atoms with Crippen molar-refractivity contribution in [3.05, 3.63) is 14.7 Å². The third-order valence-electron chi connectivity index (χ3n) is 1.71. The summed E-state index contributed by atoms with van der Waals surface area (Å²) >= 11 is 12.4. The summed E-state index contributed by atoms with van der Waals surface area (Å²) in [5.41, 5.74) is 0. The molecule has 0 atom stereocenters. The molecule has 0 spiro atoms. The van der Waals surface area contributed by atoms with E-state index in [2.05, 4.69) is 10.0 Å². The van der Waals surface area contributed by atoms with Crippen LogP contribution in [0.3, 0.4) is 0 Å². The highest BCUT2D eigenvalue weighted by Crippen LogP contribution is 2.33.